The number of carbonyl (C=O) groups is 2. The lowest BCUT2D eigenvalue weighted by atomic mass is 9.91. The van der Waals surface area contributed by atoms with Gasteiger partial charge in [0, 0.05) is 0 Å². The molecule has 0 aromatic heterocycles. The van der Waals surface area contributed by atoms with Crippen LogP contribution in [0.5, 0.6) is 0 Å². The number of nitrogens with zero attached hydrogens (tertiary/aromatic N) is 1. The molecule has 2 unspecified atom stereocenters. The fourth-order valence-electron chi connectivity index (χ4n) is 2.00. The van der Waals surface area contributed by atoms with Crippen molar-refractivity contribution in [2.75, 3.05) is 6.54 Å². The number of nitrogens with one attached hydrogen (secondary N) is 1. The van der Waals surface area contributed by atoms with E-state index in [0.717, 1.165) is 0 Å². The van der Waals surface area contributed by atoms with Gasteiger partial charge in [0.2, 0.25) is 11.8 Å². The average molecular weight is 236 g/mol. The summed E-state index contributed by atoms with van der Waals surface area (Å²) in [6.07, 6.45) is 1.20. The van der Waals surface area contributed by atoms with Crippen molar-refractivity contribution in [1.82, 2.24) is 10.2 Å². The summed E-state index contributed by atoms with van der Waals surface area (Å²) < 4.78 is 0. The van der Waals surface area contributed by atoms with E-state index in [1.165, 1.54) is 0 Å². The molecular weight excluding hydrogens is 216 g/mol. The van der Waals surface area contributed by atoms with Crippen LogP contribution in [-0.2, 0) is 9.59 Å². The molecule has 2 atom stereocenters. The molecule has 1 aliphatic heterocycles. The zero-order chi connectivity index (χ0) is 13.1. The maximum absolute atomic E-state index is 12.3. The van der Waals surface area contributed by atoms with Crippen LogP contribution in [0.3, 0.4) is 0 Å². The van der Waals surface area contributed by atoms with Crippen LogP contribution < -0.4 is 5.32 Å². The van der Waals surface area contributed by atoms with E-state index in [1.54, 1.807) is 18.7 Å². The summed E-state index contributed by atoms with van der Waals surface area (Å²) in [5.41, 5.74) is -0.780. The number of rotatable bonds is 3. The van der Waals surface area contributed by atoms with Gasteiger partial charge in [-0.1, -0.05) is 19.8 Å². The summed E-state index contributed by atoms with van der Waals surface area (Å²) in [4.78, 5) is 25.9. The van der Waals surface area contributed by atoms with Gasteiger partial charge < -0.3 is 10.2 Å². The lowest BCUT2D eigenvalue weighted by Crippen LogP contribution is -2.68. The molecule has 1 rings (SSSR count). The molecule has 0 radical (unpaired) electrons. The van der Waals surface area contributed by atoms with Crippen molar-refractivity contribution in [3.05, 3.63) is 0 Å². The Morgan fingerprint density at radius 2 is 2.06 bits per heavy atom. The minimum atomic E-state index is -0.780. The quantitative estimate of drug-likeness (QED) is 0.741. The van der Waals surface area contributed by atoms with E-state index in [0.29, 0.717) is 19.4 Å². The molecule has 17 heavy (non-hydrogen) atoms. The van der Waals surface area contributed by atoms with Gasteiger partial charge in [-0.2, -0.15) is 0 Å². The second-order valence-electron chi connectivity index (χ2n) is 4.46. The lowest BCUT2D eigenvalue weighted by molar-refractivity contribution is -0.153. The topological polar surface area (TPSA) is 49.4 Å². The molecule has 4 nitrogen and oxygen atoms in total. The zero-order valence-electron chi connectivity index (χ0n) is 11.0. The summed E-state index contributed by atoms with van der Waals surface area (Å²) in [6.45, 7) is 7.63. The Hall–Kier alpha value is -1.50. The Morgan fingerprint density at radius 1 is 1.41 bits per heavy atom. The average Bonchev–Trinajstić information content (AvgIpc) is 2.31. The third-order valence-electron chi connectivity index (χ3n) is 3.33. The van der Waals surface area contributed by atoms with E-state index in [1.807, 2.05) is 13.8 Å². The van der Waals surface area contributed by atoms with Gasteiger partial charge in [-0.05, 0) is 26.7 Å². The molecule has 0 aliphatic carbocycles. The lowest BCUT2D eigenvalue weighted by Gasteiger charge is -2.43. The Bertz CT molecular complexity index is 381. The molecule has 1 aliphatic rings. The van der Waals surface area contributed by atoms with Crippen molar-refractivity contribution < 1.29 is 9.59 Å². The molecule has 94 valence electrons. The molecule has 0 aromatic carbocycles. The van der Waals surface area contributed by atoms with Crippen LogP contribution in [-0.4, -0.2) is 34.8 Å². The first kappa shape index (κ1) is 13.6. The predicted octanol–water partition coefficient (Wildman–Crippen LogP) is 0.915. The monoisotopic (exact) mass is 236 g/mol. The zero-order valence-corrected chi connectivity index (χ0v) is 11.0. The van der Waals surface area contributed by atoms with Crippen molar-refractivity contribution in [3.8, 4) is 11.8 Å². The first-order chi connectivity index (χ1) is 8.00. The fourth-order valence-corrected chi connectivity index (χ4v) is 2.00. The van der Waals surface area contributed by atoms with Crippen molar-refractivity contribution in [3.63, 3.8) is 0 Å². The van der Waals surface area contributed by atoms with Gasteiger partial charge in [-0.25, -0.2) is 0 Å². The molecule has 0 spiro atoms. The Balaban J connectivity index is 3.03. The van der Waals surface area contributed by atoms with Gasteiger partial charge in [0.1, 0.15) is 11.6 Å². The largest absolute Gasteiger partial charge is 0.340 e. The van der Waals surface area contributed by atoms with Crippen LogP contribution >= 0.6 is 0 Å². The highest BCUT2D eigenvalue weighted by molar-refractivity contribution is 5.99. The molecule has 0 bridgehead atoms. The van der Waals surface area contributed by atoms with E-state index in [9.17, 15) is 9.59 Å². The highest BCUT2D eigenvalue weighted by Gasteiger charge is 2.45. The molecule has 1 heterocycles. The Labute approximate surface area is 103 Å². The molecule has 1 fully saturated rings. The summed E-state index contributed by atoms with van der Waals surface area (Å²) >= 11 is 0. The SMILES string of the molecule is CC#CCN1C(=O)C(C)(CC)NC(=O)C1CC. The second kappa shape index (κ2) is 5.22. The summed E-state index contributed by atoms with van der Waals surface area (Å²) in [6, 6.07) is -0.386. The standard InChI is InChI=1S/C13H20N2O2/c1-5-8-9-15-10(6-2)11(16)14-13(4,7-3)12(15)17/h10H,6-7,9H2,1-4H3,(H,14,16). The van der Waals surface area contributed by atoms with E-state index < -0.39 is 5.54 Å². The molecule has 2 amide bonds. The number of piperazine rings is 1. The number of hydrogen-bond donors (Lipinski definition) is 1. The minimum Gasteiger partial charge on any atom is -0.340 e. The van der Waals surface area contributed by atoms with Crippen molar-refractivity contribution >= 4 is 11.8 Å². The van der Waals surface area contributed by atoms with Gasteiger partial charge in [-0.15, -0.1) is 5.92 Å². The number of amides is 2. The summed E-state index contributed by atoms with van der Waals surface area (Å²) in [7, 11) is 0. The highest BCUT2D eigenvalue weighted by Crippen LogP contribution is 2.22. The van der Waals surface area contributed by atoms with Gasteiger partial charge in [0.25, 0.3) is 0 Å². The molecular formula is C13H20N2O2. The normalized spacial score (nSPS) is 28.5. The Morgan fingerprint density at radius 3 is 2.53 bits per heavy atom. The maximum atomic E-state index is 12.3. The summed E-state index contributed by atoms with van der Waals surface area (Å²) in [5, 5.41) is 2.82. The van der Waals surface area contributed by atoms with Crippen LogP contribution in [0.15, 0.2) is 0 Å². The van der Waals surface area contributed by atoms with Gasteiger partial charge in [0.15, 0.2) is 0 Å². The van der Waals surface area contributed by atoms with Crippen molar-refractivity contribution in [2.24, 2.45) is 0 Å². The van der Waals surface area contributed by atoms with E-state index in [4.69, 9.17) is 0 Å². The molecule has 0 aromatic rings. The minimum absolute atomic E-state index is 0.0331. The number of carbonyl (C=O) groups excluding carboxylic acids is 2. The third kappa shape index (κ3) is 2.44. The van der Waals surface area contributed by atoms with Gasteiger partial charge in [0.05, 0.1) is 6.54 Å². The van der Waals surface area contributed by atoms with E-state index in [2.05, 4.69) is 17.2 Å². The smallest absolute Gasteiger partial charge is 0.249 e. The predicted molar refractivity (Wildman–Crippen MR) is 66.1 cm³/mol. The highest BCUT2D eigenvalue weighted by atomic mass is 16.2. The van der Waals surface area contributed by atoms with Gasteiger partial charge >= 0.3 is 0 Å². The Kier molecular flexibility index (Phi) is 4.17. The summed E-state index contributed by atoms with van der Waals surface area (Å²) in [5.74, 6) is 5.53. The molecule has 0 saturated carbocycles. The van der Waals surface area contributed by atoms with E-state index in [-0.39, 0.29) is 17.9 Å². The fraction of sp³-hybridized carbons (Fsp3) is 0.692. The van der Waals surface area contributed by atoms with Crippen LogP contribution in [0.1, 0.15) is 40.5 Å². The molecule has 4 heteroatoms. The van der Waals surface area contributed by atoms with Crippen molar-refractivity contribution in [2.45, 2.75) is 52.1 Å². The van der Waals surface area contributed by atoms with Crippen LogP contribution in [0.25, 0.3) is 0 Å². The maximum Gasteiger partial charge on any atom is 0.249 e. The van der Waals surface area contributed by atoms with Gasteiger partial charge in [-0.3, -0.25) is 9.59 Å². The second-order valence-corrected chi connectivity index (χ2v) is 4.46. The first-order valence-electron chi connectivity index (χ1n) is 6.02. The number of hydrogen-bond acceptors (Lipinski definition) is 2. The van der Waals surface area contributed by atoms with Crippen LogP contribution in [0.2, 0.25) is 0 Å². The van der Waals surface area contributed by atoms with Crippen molar-refractivity contribution in [1.29, 1.82) is 0 Å². The first-order valence-corrected chi connectivity index (χ1v) is 6.02. The van der Waals surface area contributed by atoms with E-state index >= 15 is 0 Å². The molecule has 1 saturated heterocycles. The third-order valence-corrected chi connectivity index (χ3v) is 3.33. The van der Waals surface area contributed by atoms with Crippen LogP contribution in [0.4, 0.5) is 0 Å². The van der Waals surface area contributed by atoms with Crippen LogP contribution in [0, 0.1) is 11.8 Å². The molecule has 1 N–H and O–H groups in total.